The zero-order chi connectivity index (χ0) is 10.4. The maximum Gasteiger partial charge on any atom is 0.0773 e. The molecule has 84 valence electrons. The van der Waals surface area contributed by atoms with Crippen LogP contribution in [0.2, 0.25) is 0 Å². The third kappa shape index (κ3) is 4.97. The van der Waals surface area contributed by atoms with Crippen molar-refractivity contribution >= 4 is 0 Å². The van der Waals surface area contributed by atoms with Gasteiger partial charge in [0.2, 0.25) is 0 Å². The highest BCUT2D eigenvalue weighted by Crippen LogP contribution is 2.28. The highest BCUT2D eigenvalue weighted by atomic mass is 16.5. The van der Waals surface area contributed by atoms with E-state index in [1.165, 1.54) is 32.1 Å². The van der Waals surface area contributed by atoms with E-state index in [2.05, 4.69) is 0 Å². The largest absolute Gasteiger partial charge is 0.391 e. The highest BCUT2D eigenvalue weighted by molar-refractivity contribution is 4.69. The molecular formula is C12H24O2. The first-order chi connectivity index (χ1) is 6.68. The standard InChI is InChI=1S/C12H24O2/c1-10(2)14-9-12(13)8-7-11-5-3-4-6-11/h10-13H,3-9H2,1-2H3. The summed E-state index contributed by atoms with van der Waals surface area (Å²) in [5, 5.41) is 9.63. The summed E-state index contributed by atoms with van der Waals surface area (Å²) < 4.78 is 5.37. The summed E-state index contributed by atoms with van der Waals surface area (Å²) in [7, 11) is 0. The van der Waals surface area contributed by atoms with Gasteiger partial charge in [0.15, 0.2) is 0 Å². The molecule has 0 aromatic heterocycles. The number of hydrogen-bond donors (Lipinski definition) is 1. The second kappa shape index (κ2) is 6.41. The smallest absolute Gasteiger partial charge is 0.0773 e. The lowest BCUT2D eigenvalue weighted by molar-refractivity contribution is 0.000487. The Kier molecular flexibility index (Phi) is 5.49. The van der Waals surface area contributed by atoms with Crippen LogP contribution in [-0.2, 0) is 4.74 Å². The minimum absolute atomic E-state index is 0.233. The number of ether oxygens (including phenoxy) is 1. The van der Waals surface area contributed by atoms with E-state index >= 15 is 0 Å². The minimum Gasteiger partial charge on any atom is -0.391 e. The van der Waals surface area contributed by atoms with Gasteiger partial charge in [0, 0.05) is 0 Å². The van der Waals surface area contributed by atoms with Crippen molar-refractivity contribution < 1.29 is 9.84 Å². The van der Waals surface area contributed by atoms with Crippen molar-refractivity contribution in [3.8, 4) is 0 Å². The van der Waals surface area contributed by atoms with Crippen molar-refractivity contribution in [3.05, 3.63) is 0 Å². The minimum atomic E-state index is -0.252. The highest BCUT2D eigenvalue weighted by Gasteiger charge is 2.16. The maximum absolute atomic E-state index is 9.63. The quantitative estimate of drug-likeness (QED) is 0.714. The first kappa shape index (κ1) is 12.0. The molecule has 0 amide bonds. The second-order valence-corrected chi connectivity index (χ2v) is 4.76. The van der Waals surface area contributed by atoms with Gasteiger partial charge in [-0.1, -0.05) is 25.7 Å². The topological polar surface area (TPSA) is 29.5 Å². The molecule has 1 atom stereocenters. The van der Waals surface area contributed by atoms with Crippen LogP contribution in [0.3, 0.4) is 0 Å². The summed E-state index contributed by atoms with van der Waals surface area (Å²) in [5.41, 5.74) is 0. The monoisotopic (exact) mass is 200 g/mol. The van der Waals surface area contributed by atoms with Gasteiger partial charge in [0.1, 0.15) is 0 Å². The van der Waals surface area contributed by atoms with Gasteiger partial charge in [-0.25, -0.2) is 0 Å². The number of aliphatic hydroxyl groups is 1. The predicted molar refractivity (Wildman–Crippen MR) is 58.3 cm³/mol. The molecule has 1 fully saturated rings. The molecule has 0 heterocycles. The van der Waals surface area contributed by atoms with Crippen molar-refractivity contribution in [2.24, 2.45) is 5.92 Å². The molecule has 0 radical (unpaired) electrons. The molecule has 0 bridgehead atoms. The van der Waals surface area contributed by atoms with Crippen molar-refractivity contribution in [2.75, 3.05) is 6.61 Å². The first-order valence-corrected chi connectivity index (χ1v) is 5.98. The Hall–Kier alpha value is -0.0800. The second-order valence-electron chi connectivity index (χ2n) is 4.76. The Labute approximate surface area is 87.7 Å². The van der Waals surface area contributed by atoms with E-state index in [1.54, 1.807) is 0 Å². The molecule has 1 aliphatic carbocycles. The lowest BCUT2D eigenvalue weighted by atomic mass is 10.00. The molecule has 2 heteroatoms. The van der Waals surface area contributed by atoms with Crippen LogP contribution in [0.25, 0.3) is 0 Å². The van der Waals surface area contributed by atoms with Crippen LogP contribution >= 0.6 is 0 Å². The van der Waals surface area contributed by atoms with Gasteiger partial charge in [-0.15, -0.1) is 0 Å². The van der Waals surface area contributed by atoms with Crippen LogP contribution < -0.4 is 0 Å². The number of hydrogen-bond acceptors (Lipinski definition) is 2. The zero-order valence-corrected chi connectivity index (χ0v) is 9.54. The van der Waals surface area contributed by atoms with Crippen LogP contribution in [0.5, 0.6) is 0 Å². The van der Waals surface area contributed by atoms with Crippen LogP contribution in [0, 0.1) is 5.92 Å². The van der Waals surface area contributed by atoms with E-state index in [9.17, 15) is 5.11 Å². The Balaban J connectivity index is 1.99. The molecule has 2 nitrogen and oxygen atoms in total. The third-order valence-electron chi connectivity index (χ3n) is 3.00. The van der Waals surface area contributed by atoms with E-state index < -0.39 is 0 Å². The van der Waals surface area contributed by atoms with Gasteiger partial charge in [-0.05, 0) is 32.6 Å². The first-order valence-electron chi connectivity index (χ1n) is 5.98. The van der Waals surface area contributed by atoms with E-state index in [0.717, 1.165) is 12.3 Å². The normalized spacial score (nSPS) is 20.6. The molecule has 1 saturated carbocycles. The van der Waals surface area contributed by atoms with Gasteiger partial charge in [0.25, 0.3) is 0 Å². The Morgan fingerprint density at radius 2 is 1.93 bits per heavy atom. The molecule has 0 aromatic carbocycles. The van der Waals surface area contributed by atoms with E-state index in [-0.39, 0.29) is 12.2 Å². The molecule has 0 aliphatic heterocycles. The molecule has 0 spiro atoms. The van der Waals surface area contributed by atoms with E-state index in [1.807, 2.05) is 13.8 Å². The Bertz CT molecular complexity index is 139. The molecule has 0 saturated heterocycles. The van der Waals surface area contributed by atoms with Crippen LogP contribution in [0.15, 0.2) is 0 Å². The van der Waals surface area contributed by atoms with E-state index in [4.69, 9.17) is 4.74 Å². The summed E-state index contributed by atoms with van der Waals surface area (Å²) in [4.78, 5) is 0. The summed E-state index contributed by atoms with van der Waals surface area (Å²) in [6.07, 6.45) is 7.61. The lowest BCUT2D eigenvalue weighted by Crippen LogP contribution is -2.19. The molecule has 14 heavy (non-hydrogen) atoms. The molecule has 1 unspecified atom stereocenters. The Morgan fingerprint density at radius 3 is 2.50 bits per heavy atom. The van der Waals surface area contributed by atoms with Gasteiger partial charge in [-0.3, -0.25) is 0 Å². The molecular weight excluding hydrogens is 176 g/mol. The molecule has 1 aliphatic rings. The number of rotatable bonds is 6. The fraction of sp³-hybridized carbons (Fsp3) is 1.00. The summed E-state index contributed by atoms with van der Waals surface area (Å²) in [6.45, 7) is 4.51. The maximum atomic E-state index is 9.63. The number of aliphatic hydroxyl groups excluding tert-OH is 1. The van der Waals surface area contributed by atoms with Crippen molar-refractivity contribution in [3.63, 3.8) is 0 Å². The molecule has 0 aromatic rings. The fourth-order valence-electron chi connectivity index (χ4n) is 2.11. The SMILES string of the molecule is CC(C)OCC(O)CCC1CCCC1. The average Bonchev–Trinajstić information content (AvgIpc) is 2.63. The van der Waals surface area contributed by atoms with Crippen LogP contribution in [0.1, 0.15) is 52.4 Å². The molecule has 1 N–H and O–H groups in total. The summed E-state index contributed by atoms with van der Waals surface area (Å²) in [6, 6.07) is 0. The van der Waals surface area contributed by atoms with Crippen LogP contribution in [-0.4, -0.2) is 23.9 Å². The van der Waals surface area contributed by atoms with Gasteiger partial charge in [-0.2, -0.15) is 0 Å². The summed E-state index contributed by atoms with van der Waals surface area (Å²) in [5.74, 6) is 0.878. The average molecular weight is 200 g/mol. The van der Waals surface area contributed by atoms with Crippen molar-refractivity contribution in [1.29, 1.82) is 0 Å². The zero-order valence-electron chi connectivity index (χ0n) is 9.54. The summed E-state index contributed by atoms with van der Waals surface area (Å²) >= 11 is 0. The van der Waals surface area contributed by atoms with Gasteiger partial charge >= 0.3 is 0 Å². The van der Waals surface area contributed by atoms with Crippen LogP contribution in [0.4, 0.5) is 0 Å². The lowest BCUT2D eigenvalue weighted by Gasteiger charge is -2.15. The molecule has 1 rings (SSSR count). The Morgan fingerprint density at radius 1 is 1.29 bits per heavy atom. The van der Waals surface area contributed by atoms with Gasteiger partial charge < -0.3 is 9.84 Å². The van der Waals surface area contributed by atoms with Crippen molar-refractivity contribution in [1.82, 2.24) is 0 Å². The van der Waals surface area contributed by atoms with Gasteiger partial charge in [0.05, 0.1) is 18.8 Å². The van der Waals surface area contributed by atoms with E-state index in [0.29, 0.717) is 6.61 Å². The van der Waals surface area contributed by atoms with Crippen molar-refractivity contribution in [2.45, 2.75) is 64.6 Å². The fourth-order valence-corrected chi connectivity index (χ4v) is 2.11. The predicted octanol–water partition coefficient (Wildman–Crippen LogP) is 2.74. The third-order valence-corrected chi connectivity index (χ3v) is 3.00.